The van der Waals surface area contributed by atoms with E-state index in [2.05, 4.69) is 13.5 Å². The molecule has 0 amide bonds. The molecule has 0 unspecified atom stereocenters. The van der Waals surface area contributed by atoms with Crippen molar-refractivity contribution in [1.82, 2.24) is 0 Å². The van der Waals surface area contributed by atoms with Gasteiger partial charge in [0.15, 0.2) is 0 Å². The molecule has 114 valence electrons. The van der Waals surface area contributed by atoms with E-state index >= 15 is 0 Å². The fraction of sp³-hybridized carbons (Fsp3) is 0.769. The van der Waals surface area contributed by atoms with Crippen LogP contribution in [-0.4, -0.2) is 59.4 Å². The van der Waals surface area contributed by atoms with Gasteiger partial charge in [0, 0.05) is 6.08 Å². The number of hydrogen-bond donors (Lipinski definition) is 4. The molecule has 0 bridgehead atoms. The lowest BCUT2D eigenvalue weighted by molar-refractivity contribution is -0.137. The average Bonchev–Trinajstić information content (AvgIpc) is 2.47. The minimum atomic E-state index is -1.11. The standard InChI is InChI=1S/C8H14O2.C5H12O4/c1-3-5-6-7-10-8(9)4-2;6-1-5(2-7,3-8)4-9/h4H,2-3,5-7H2,1H3;6-9H,1-4H2. The van der Waals surface area contributed by atoms with E-state index in [4.69, 9.17) is 25.2 Å². The first-order chi connectivity index (χ1) is 9.05. The van der Waals surface area contributed by atoms with E-state index in [0.29, 0.717) is 6.61 Å². The molecule has 0 aliphatic carbocycles. The average molecular weight is 278 g/mol. The predicted octanol–water partition coefficient (Wildman–Crippen LogP) is -0.152. The highest BCUT2D eigenvalue weighted by Gasteiger charge is 2.26. The Labute approximate surface area is 114 Å². The Kier molecular flexibility index (Phi) is 14.5. The maximum Gasteiger partial charge on any atom is 0.330 e. The van der Waals surface area contributed by atoms with Gasteiger partial charge in [-0.1, -0.05) is 26.3 Å². The van der Waals surface area contributed by atoms with Crippen molar-refractivity contribution in [3.05, 3.63) is 12.7 Å². The van der Waals surface area contributed by atoms with Crippen molar-refractivity contribution in [1.29, 1.82) is 0 Å². The third-order valence-electron chi connectivity index (χ3n) is 2.50. The summed E-state index contributed by atoms with van der Waals surface area (Å²) in [6, 6.07) is 0. The quantitative estimate of drug-likeness (QED) is 0.265. The third kappa shape index (κ3) is 10.6. The first-order valence-electron chi connectivity index (χ1n) is 6.28. The molecule has 0 aromatic carbocycles. The molecule has 6 heteroatoms. The van der Waals surface area contributed by atoms with E-state index in [9.17, 15) is 4.79 Å². The van der Waals surface area contributed by atoms with Crippen LogP contribution in [0, 0.1) is 5.41 Å². The number of esters is 1. The Morgan fingerprint density at radius 2 is 1.58 bits per heavy atom. The lowest BCUT2D eigenvalue weighted by Crippen LogP contribution is -2.37. The van der Waals surface area contributed by atoms with Crippen molar-refractivity contribution in [2.45, 2.75) is 26.2 Å². The summed E-state index contributed by atoms with van der Waals surface area (Å²) in [6.07, 6.45) is 4.40. The second kappa shape index (κ2) is 13.5. The third-order valence-corrected chi connectivity index (χ3v) is 2.50. The number of rotatable bonds is 9. The summed E-state index contributed by atoms with van der Waals surface area (Å²) in [7, 11) is 0. The van der Waals surface area contributed by atoms with Crippen LogP contribution in [-0.2, 0) is 9.53 Å². The van der Waals surface area contributed by atoms with Gasteiger partial charge in [0.1, 0.15) is 0 Å². The number of aliphatic hydroxyl groups excluding tert-OH is 4. The van der Waals surface area contributed by atoms with Crippen LogP contribution in [0.2, 0.25) is 0 Å². The first kappa shape index (κ1) is 20.4. The normalized spacial score (nSPS) is 10.4. The van der Waals surface area contributed by atoms with E-state index in [0.717, 1.165) is 19.3 Å². The molecule has 0 heterocycles. The summed E-state index contributed by atoms with van der Waals surface area (Å²) in [6.45, 7) is 4.29. The minimum absolute atomic E-state index is 0.323. The van der Waals surface area contributed by atoms with Gasteiger partial charge in [-0.3, -0.25) is 0 Å². The molecule has 0 aromatic rings. The minimum Gasteiger partial charge on any atom is -0.463 e. The van der Waals surface area contributed by atoms with E-state index in [1.54, 1.807) is 0 Å². The van der Waals surface area contributed by atoms with Crippen LogP contribution in [0.4, 0.5) is 0 Å². The molecule has 0 radical (unpaired) electrons. The molecule has 4 N–H and O–H groups in total. The Bertz CT molecular complexity index is 208. The summed E-state index contributed by atoms with van der Waals surface area (Å²) in [5.41, 5.74) is -1.11. The van der Waals surface area contributed by atoms with Gasteiger partial charge in [-0.15, -0.1) is 0 Å². The van der Waals surface area contributed by atoms with Crippen molar-refractivity contribution in [2.24, 2.45) is 5.41 Å². The predicted molar refractivity (Wildman–Crippen MR) is 71.5 cm³/mol. The van der Waals surface area contributed by atoms with Crippen LogP contribution < -0.4 is 0 Å². The fourth-order valence-electron chi connectivity index (χ4n) is 0.884. The lowest BCUT2D eigenvalue weighted by Gasteiger charge is -2.23. The van der Waals surface area contributed by atoms with Gasteiger partial charge in [-0.2, -0.15) is 0 Å². The maximum atomic E-state index is 10.4. The topological polar surface area (TPSA) is 107 Å². The largest absolute Gasteiger partial charge is 0.463 e. The molecule has 0 rings (SSSR count). The number of ether oxygens (including phenoxy) is 1. The Morgan fingerprint density at radius 3 is 1.84 bits per heavy atom. The van der Waals surface area contributed by atoms with Crippen molar-refractivity contribution in [2.75, 3.05) is 33.0 Å². The van der Waals surface area contributed by atoms with Gasteiger partial charge < -0.3 is 25.2 Å². The molecule has 0 atom stereocenters. The van der Waals surface area contributed by atoms with Crippen molar-refractivity contribution in [3.8, 4) is 0 Å². The summed E-state index contributed by atoms with van der Waals surface area (Å²) < 4.78 is 4.74. The Morgan fingerprint density at radius 1 is 1.11 bits per heavy atom. The Balaban J connectivity index is 0. The molecule has 19 heavy (non-hydrogen) atoms. The molecule has 0 saturated heterocycles. The highest BCUT2D eigenvalue weighted by molar-refractivity contribution is 5.81. The summed E-state index contributed by atoms with van der Waals surface area (Å²) in [5.74, 6) is -0.323. The molecular weight excluding hydrogens is 252 g/mol. The molecule has 0 fully saturated rings. The SMILES string of the molecule is C=CC(=O)OCCCCC.OCC(CO)(CO)CO. The molecule has 0 spiro atoms. The van der Waals surface area contributed by atoms with Crippen molar-refractivity contribution >= 4 is 5.97 Å². The lowest BCUT2D eigenvalue weighted by atomic mass is 9.93. The van der Waals surface area contributed by atoms with Gasteiger partial charge in [0.2, 0.25) is 0 Å². The van der Waals surface area contributed by atoms with Gasteiger partial charge >= 0.3 is 5.97 Å². The summed E-state index contributed by atoms with van der Waals surface area (Å²) in [5, 5.41) is 34.0. The zero-order chi connectivity index (χ0) is 15.1. The molecule has 0 aliphatic heterocycles. The van der Waals surface area contributed by atoms with Gasteiger partial charge in [-0.25, -0.2) is 4.79 Å². The van der Waals surface area contributed by atoms with E-state index in [1.807, 2.05) is 0 Å². The monoisotopic (exact) mass is 278 g/mol. The van der Waals surface area contributed by atoms with Gasteiger partial charge in [0.25, 0.3) is 0 Å². The molecule has 0 aliphatic rings. The zero-order valence-corrected chi connectivity index (χ0v) is 11.5. The zero-order valence-electron chi connectivity index (χ0n) is 11.5. The number of unbranched alkanes of at least 4 members (excludes halogenated alkanes) is 2. The van der Waals surface area contributed by atoms with E-state index in [1.165, 1.54) is 6.08 Å². The highest BCUT2D eigenvalue weighted by Crippen LogP contribution is 2.11. The summed E-state index contributed by atoms with van der Waals surface area (Å²) >= 11 is 0. The van der Waals surface area contributed by atoms with Crippen LogP contribution >= 0.6 is 0 Å². The first-order valence-corrected chi connectivity index (χ1v) is 6.28. The van der Waals surface area contributed by atoms with Crippen LogP contribution in [0.1, 0.15) is 26.2 Å². The number of aliphatic hydroxyl groups is 4. The maximum absolute atomic E-state index is 10.4. The number of hydrogen-bond acceptors (Lipinski definition) is 6. The van der Waals surface area contributed by atoms with Crippen LogP contribution in [0.3, 0.4) is 0 Å². The molecule has 6 nitrogen and oxygen atoms in total. The van der Waals surface area contributed by atoms with Crippen LogP contribution in [0.15, 0.2) is 12.7 Å². The Hall–Kier alpha value is -0.950. The van der Waals surface area contributed by atoms with Crippen molar-refractivity contribution < 1.29 is 30.0 Å². The second-order valence-corrected chi connectivity index (χ2v) is 4.21. The van der Waals surface area contributed by atoms with Crippen molar-refractivity contribution in [3.63, 3.8) is 0 Å². The van der Waals surface area contributed by atoms with E-state index < -0.39 is 31.8 Å². The van der Waals surface area contributed by atoms with E-state index in [-0.39, 0.29) is 5.97 Å². The summed E-state index contributed by atoms with van der Waals surface area (Å²) in [4.78, 5) is 10.4. The van der Waals surface area contributed by atoms with Gasteiger partial charge in [0.05, 0.1) is 38.4 Å². The van der Waals surface area contributed by atoms with Crippen LogP contribution in [0.5, 0.6) is 0 Å². The molecule has 0 aromatic heterocycles. The number of carbonyl (C=O) groups excluding carboxylic acids is 1. The highest BCUT2D eigenvalue weighted by atomic mass is 16.5. The second-order valence-electron chi connectivity index (χ2n) is 4.21. The van der Waals surface area contributed by atoms with Crippen LogP contribution in [0.25, 0.3) is 0 Å². The fourth-order valence-corrected chi connectivity index (χ4v) is 0.884. The molecular formula is C13H26O6. The molecule has 0 saturated carbocycles. The number of carbonyl (C=O) groups is 1. The smallest absolute Gasteiger partial charge is 0.330 e. The van der Waals surface area contributed by atoms with Gasteiger partial charge in [-0.05, 0) is 6.42 Å².